The smallest absolute Gasteiger partial charge is 0.335 e. The van der Waals surface area contributed by atoms with Gasteiger partial charge in [-0.2, -0.15) is 0 Å². The summed E-state index contributed by atoms with van der Waals surface area (Å²) in [6.07, 6.45) is 19.2. The second-order valence-corrected chi connectivity index (χ2v) is 26.9. The van der Waals surface area contributed by atoms with E-state index in [4.69, 9.17) is 18.9 Å². The van der Waals surface area contributed by atoms with E-state index < -0.39 is 76.6 Å². The highest BCUT2D eigenvalue weighted by Gasteiger charge is 2.78. The van der Waals surface area contributed by atoms with Gasteiger partial charge in [0.2, 0.25) is 6.29 Å². The van der Waals surface area contributed by atoms with Crippen molar-refractivity contribution in [2.75, 3.05) is 26.4 Å². The van der Waals surface area contributed by atoms with E-state index in [0.29, 0.717) is 49.7 Å². The van der Waals surface area contributed by atoms with Gasteiger partial charge in [0.15, 0.2) is 5.78 Å². The summed E-state index contributed by atoms with van der Waals surface area (Å²) in [5, 5.41) is 82.2. The van der Waals surface area contributed by atoms with Gasteiger partial charge >= 0.3 is 5.97 Å². The summed E-state index contributed by atoms with van der Waals surface area (Å²) in [4.78, 5) is 25.5. The summed E-state index contributed by atoms with van der Waals surface area (Å²) in [6.45, 7) is 3.21. The molecule has 14 rings (SSSR count). The van der Waals surface area contributed by atoms with E-state index >= 15 is 0 Å². The highest BCUT2D eigenvalue weighted by Crippen LogP contribution is 2.80. The highest BCUT2D eigenvalue weighted by molar-refractivity contribution is 6.11. The molecular weight excluding hydrogens is 957 g/mol. The maximum atomic E-state index is 13.3. The van der Waals surface area contributed by atoms with Crippen LogP contribution in [0.25, 0.3) is 10.8 Å². The minimum absolute atomic E-state index is 0.0118. The molecule has 75 heavy (non-hydrogen) atoms. The number of aliphatic hydroxyl groups is 4. The fourth-order valence-corrected chi connectivity index (χ4v) is 21.4. The molecule has 3 saturated heterocycles. The summed E-state index contributed by atoms with van der Waals surface area (Å²) in [7, 11) is 0. The van der Waals surface area contributed by atoms with Crippen LogP contribution in [0.15, 0.2) is 34.9 Å². The summed E-state index contributed by atoms with van der Waals surface area (Å²) < 4.78 is 27.9. The number of hydrazine groups is 1. The molecule has 14 unspecified atom stereocenters. The van der Waals surface area contributed by atoms with Crippen molar-refractivity contribution in [1.82, 2.24) is 10.9 Å². The van der Waals surface area contributed by atoms with Crippen molar-refractivity contribution < 1.29 is 64.3 Å². The maximum absolute atomic E-state index is 13.3. The lowest BCUT2D eigenvalue weighted by atomic mass is 9.39. The fraction of sp³-hybridized carbons (Fsp3) is 0.733. The molecule has 0 aromatic heterocycles. The number of allylic oxidation sites excluding steroid dienone is 1. The van der Waals surface area contributed by atoms with Gasteiger partial charge in [0, 0.05) is 47.1 Å². The zero-order valence-corrected chi connectivity index (χ0v) is 43.8. The van der Waals surface area contributed by atoms with Gasteiger partial charge in [-0.05, 0) is 179 Å². The third-order valence-corrected chi connectivity index (χ3v) is 23.9. The molecule has 14 atom stereocenters. The number of Topliss-reactive ketones (excluding diaryl/α,β-unsaturated/α-hetero) is 1. The van der Waals surface area contributed by atoms with Crippen molar-refractivity contribution in [3.8, 4) is 17.2 Å². The van der Waals surface area contributed by atoms with Crippen molar-refractivity contribution in [2.45, 2.75) is 202 Å². The summed E-state index contributed by atoms with van der Waals surface area (Å²) >= 11 is 0. The van der Waals surface area contributed by atoms with Crippen molar-refractivity contribution in [2.24, 2.45) is 44.8 Å². The number of carbonyl (C=O) groups is 2. The number of carboxylic acid groups (broad SMARTS) is 1. The molecule has 4 heterocycles. The van der Waals surface area contributed by atoms with Crippen LogP contribution in [0.2, 0.25) is 0 Å². The Kier molecular flexibility index (Phi) is 11.1. The van der Waals surface area contributed by atoms with E-state index in [2.05, 4.69) is 16.9 Å². The van der Waals surface area contributed by atoms with Crippen LogP contribution in [0, 0.1) is 51.8 Å². The van der Waals surface area contributed by atoms with Gasteiger partial charge in [-0.3, -0.25) is 15.6 Å². The van der Waals surface area contributed by atoms with E-state index in [1.807, 2.05) is 0 Å². The van der Waals surface area contributed by atoms with E-state index in [1.165, 1.54) is 107 Å². The Balaban J connectivity index is 0.897. The molecule has 2 aromatic carbocycles. The summed E-state index contributed by atoms with van der Waals surface area (Å²) in [5.74, 6) is -3.24. The van der Waals surface area contributed by atoms with E-state index in [-0.39, 0.29) is 80.9 Å². The van der Waals surface area contributed by atoms with E-state index in [0.717, 1.165) is 44.6 Å². The predicted molar refractivity (Wildman–Crippen MR) is 274 cm³/mol. The molecule has 12 aliphatic rings. The number of aliphatic hydroxyl groups excluding tert-OH is 4. The molecule has 4 aliphatic heterocycles. The molecule has 9 N–H and O–H groups in total. The number of nitrogens with one attached hydrogen (secondary N) is 2. The normalized spacial score (nSPS) is 43.6. The number of aromatic carboxylic acids is 1. The number of carbonyl (C=O) groups excluding carboxylic acids is 1. The molecule has 7 spiro atoms. The number of carboxylic acids is 1. The number of hydrogen-bond donors (Lipinski definition) is 9. The number of phenolic OH excluding ortho intramolecular Hbond substituents is 2. The molecule has 15 nitrogen and oxygen atoms in total. The second kappa shape index (κ2) is 16.7. The second-order valence-electron chi connectivity index (χ2n) is 26.9. The minimum atomic E-state index is -1.83. The standard InChI is InChI=1S/C60H78N2O13/c1-32-43(33(2)65)47(67)44-36(46(32)66)21-34(51(70)71)22-40(44)73-52-48(68)50(69)60(42(26-64)74-52)24-39-45-37(9-10-38(45)58(75-60)15-4-3-5-16-58)57(19-20-63)31-72-27-35-23-54-29-56(25-41(54)61-62-59(39,30-54)49(35)57)14-8-13-55(56)18-17-53(28-55)11-6-7-12-53/h9,21-22,35,39,41-42,48-50,52,61-64,66-69H,3-8,10-20,23-31H2,1-2H3,(H,70,71). The predicted octanol–water partition coefficient (Wildman–Crippen LogP) is 7.72. The number of phenols is 2. The average molecular weight is 1040 g/mol. The quantitative estimate of drug-likeness (QED) is 0.0954. The number of rotatable bonds is 7. The molecule has 0 radical (unpaired) electrons. The lowest BCUT2D eigenvalue weighted by Gasteiger charge is -2.71. The number of benzene rings is 2. The van der Waals surface area contributed by atoms with Crippen LogP contribution in [0.1, 0.15) is 174 Å². The van der Waals surface area contributed by atoms with Crippen LogP contribution in [0.3, 0.4) is 0 Å². The molecule has 8 aliphatic carbocycles. The molecule has 2 bridgehead atoms. The number of fused-ring (bicyclic) bond motifs is 4. The SMILES string of the molecule is CC(=O)c1c(C)c(O)c2cc(C(=O)O)cc(OC3OC(CO)C4(CC5C6=C(CC=C6C6(CCO)COCC7CC89CC5(NNC8CC5(CCCC58CCC5(CCCC5)C8)C9)C76)C5(CCCCC5)O4)C(O)C3O)c2c1O. The van der Waals surface area contributed by atoms with Crippen LogP contribution in [0.4, 0.5) is 0 Å². The van der Waals surface area contributed by atoms with Gasteiger partial charge in [-0.25, -0.2) is 4.79 Å². The van der Waals surface area contributed by atoms with Crippen LogP contribution in [0.5, 0.6) is 17.2 Å². The van der Waals surface area contributed by atoms with Crippen LogP contribution >= 0.6 is 0 Å². The van der Waals surface area contributed by atoms with Crippen molar-refractivity contribution >= 4 is 22.5 Å². The first-order valence-corrected chi connectivity index (χ1v) is 28.9. The van der Waals surface area contributed by atoms with Gasteiger partial charge in [0.05, 0.1) is 35.3 Å². The van der Waals surface area contributed by atoms with Crippen molar-refractivity contribution in [3.05, 3.63) is 51.6 Å². The lowest BCUT2D eigenvalue weighted by Crippen LogP contribution is -2.81. The van der Waals surface area contributed by atoms with Gasteiger partial charge in [0.25, 0.3) is 0 Å². The lowest BCUT2D eigenvalue weighted by molar-refractivity contribution is -0.346. The van der Waals surface area contributed by atoms with E-state index in [9.17, 15) is 45.3 Å². The van der Waals surface area contributed by atoms with Gasteiger partial charge in [-0.15, -0.1) is 0 Å². The molecule has 2 aromatic rings. The Labute approximate surface area is 438 Å². The Morgan fingerprint density at radius 2 is 1.64 bits per heavy atom. The monoisotopic (exact) mass is 1030 g/mol. The first-order chi connectivity index (χ1) is 36.0. The van der Waals surface area contributed by atoms with Crippen LogP contribution in [-0.4, -0.2) is 121 Å². The maximum Gasteiger partial charge on any atom is 0.335 e. The third kappa shape index (κ3) is 6.42. The Hall–Kier alpha value is -3.64. The summed E-state index contributed by atoms with van der Waals surface area (Å²) in [5.41, 5.74) is 9.04. The molecule has 15 heteroatoms. The zero-order chi connectivity index (χ0) is 51.9. The highest BCUT2D eigenvalue weighted by atomic mass is 16.7. The third-order valence-electron chi connectivity index (χ3n) is 23.9. The molecule has 406 valence electrons. The van der Waals surface area contributed by atoms with Crippen molar-refractivity contribution in [1.29, 1.82) is 0 Å². The largest absolute Gasteiger partial charge is 0.507 e. The van der Waals surface area contributed by atoms with Gasteiger partial charge in [-0.1, -0.05) is 44.6 Å². The van der Waals surface area contributed by atoms with Crippen LogP contribution < -0.4 is 15.6 Å². The number of aromatic hydroxyl groups is 2. The van der Waals surface area contributed by atoms with Crippen LogP contribution in [-0.2, 0) is 14.2 Å². The molecule has 7 saturated carbocycles. The topological polar surface area (TPSA) is 237 Å². The first-order valence-electron chi connectivity index (χ1n) is 28.9. The number of ketones is 1. The number of ether oxygens (including phenoxy) is 4. The zero-order valence-electron chi connectivity index (χ0n) is 43.8. The van der Waals surface area contributed by atoms with Gasteiger partial charge < -0.3 is 54.7 Å². The number of hydrogen-bond acceptors (Lipinski definition) is 14. The molecular formula is C60H78N2O13. The van der Waals surface area contributed by atoms with E-state index in [1.54, 1.807) is 0 Å². The Morgan fingerprint density at radius 3 is 2.39 bits per heavy atom. The molecule has 10 fully saturated rings. The minimum Gasteiger partial charge on any atom is -0.507 e. The Morgan fingerprint density at radius 1 is 0.867 bits per heavy atom. The Bertz CT molecular complexity index is 2830. The average Bonchev–Trinajstić information content (AvgIpc) is 4.24. The van der Waals surface area contributed by atoms with Crippen molar-refractivity contribution in [3.63, 3.8) is 0 Å². The van der Waals surface area contributed by atoms with Gasteiger partial charge in [0.1, 0.15) is 41.2 Å². The molecule has 0 amide bonds. The summed E-state index contributed by atoms with van der Waals surface area (Å²) in [6, 6.07) is 2.57. The first kappa shape index (κ1) is 49.6. The fourth-order valence-electron chi connectivity index (χ4n) is 21.4.